The van der Waals surface area contributed by atoms with E-state index in [9.17, 15) is 24.3 Å². The van der Waals surface area contributed by atoms with Gasteiger partial charge in [-0.3, -0.25) is 18.8 Å². The zero-order valence-electron chi connectivity index (χ0n) is 24.0. The topological polar surface area (TPSA) is 305 Å². The van der Waals surface area contributed by atoms with Crippen molar-refractivity contribution in [1.29, 1.82) is 0 Å². The van der Waals surface area contributed by atoms with Gasteiger partial charge in [0, 0.05) is 12.5 Å². The quantitative estimate of drug-likeness (QED) is 0.131. The highest BCUT2D eigenvalue weighted by molar-refractivity contribution is 8.07. The van der Waals surface area contributed by atoms with Gasteiger partial charge in [0.15, 0.2) is 28.9 Å². The summed E-state index contributed by atoms with van der Waals surface area (Å²) in [5, 5.41) is 19.4. The minimum atomic E-state index is -4.96. The third kappa shape index (κ3) is 4.92. The highest BCUT2D eigenvalue weighted by Crippen LogP contribution is 2.72. The standard InChI is InChI=1S/C22H27N11O11P2S/c1-39-13-8-3-40-46(38,47)44-15-12(34)11(32-6-27-9-16(23)25-5-26-17(9)32)7-2-22(7,15)4-41-45(36,37)43-14(13)20(42-8)33-18-10(30-31-33)19(35)29-21(24)28-18/h5-8,11-15,20,34H,2-4H2,1H3,(H,36,37)(H,38,47)(H2,23,25,26)(H3,24,28,29,35)/t7-,8-,11-,12+,13-,14-,15+,20-,22+,46?/m1/s1. The fraction of sp³-hybridized carbons (Fsp3) is 0.591. The number of nitrogens with one attached hydrogen (secondary N) is 1. The van der Waals surface area contributed by atoms with Crippen LogP contribution in [0.25, 0.3) is 22.3 Å². The maximum Gasteiger partial charge on any atom is 0.472 e. The second-order valence-electron chi connectivity index (χ2n) is 11.6. The van der Waals surface area contributed by atoms with E-state index in [1.165, 1.54) is 19.8 Å². The Labute approximate surface area is 267 Å². The number of rotatable bonds is 3. The van der Waals surface area contributed by atoms with Crippen molar-refractivity contribution in [1.82, 2.24) is 44.5 Å². The Morgan fingerprint density at radius 3 is 2.77 bits per heavy atom. The predicted molar refractivity (Wildman–Crippen MR) is 158 cm³/mol. The Kier molecular flexibility index (Phi) is 7.13. The Balaban J connectivity index is 1.15. The fourth-order valence-electron chi connectivity index (χ4n) is 6.95. The van der Waals surface area contributed by atoms with Crippen LogP contribution < -0.4 is 17.0 Å². The van der Waals surface area contributed by atoms with Crippen LogP contribution in [0.5, 0.6) is 0 Å². The minimum absolute atomic E-state index is 0.112. The Morgan fingerprint density at radius 2 is 1.98 bits per heavy atom. The second-order valence-corrected chi connectivity index (χ2v) is 15.8. The molecule has 2 aliphatic carbocycles. The number of H-pyrrole nitrogens is 1. The van der Waals surface area contributed by atoms with E-state index in [1.54, 1.807) is 4.57 Å². The van der Waals surface area contributed by atoms with E-state index >= 15 is 0 Å². The van der Waals surface area contributed by atoms with Crippen LogP contribution in [0.15, 0.2) is 17.4 Å². The van der Waals surface area contributed by atoms with Crippen LogP contribution >= 0.6 is 14.5 Å². The van der Waals surface area contributed by atoms with Gasteiger partial charge in [-0.2, -0.15) is 9.67 Å². The van der Waals surface area contributed by atoms with Gasteiger partial charge in [-0.25, -0.2) is 19.5 Å². The lowest BCUT2D eigenvalue weighted by Gasteiger charge is -2.31. The van der Waals surface area contributed by atoms with Gasteiger partial charge in [-0.15, -0.1) is 5.10 Å². The van der Waals surface area contributed by atoms with Gasteiger partial charge in [-0.1, -0.05) is 5.21 Å². The first-order valence-corrected chi connectivity index (χ1v) is 18.1. The maximum atomic E-state index is 13.6. The van der Waals surface area contributed by atoms with Crippen molar-refractivity contribution >= 4 is 60.4 Å². The van der Waals surface area contributed by atoms with Crippen molar-refractivity contribution in [3.63, 3.8) is 0 Å². The summed E-state index contributed by atoms with van der Waals surface area (Å²) in [6.07, 6.45) is -4.53. The molecule has 4 aromatic rings. The third-order valence-electron chi connectivity index (χ3n) is 9.08. The van der Waals surface area contributed by atoms with E-state index in [0.29, 0.717) is 17.6 Å². The minimum Gasteiger partial charge on any atom is -0.388 e. The van der Waals surface area contributed by atoms with Crippen LogP contribution in [0.2, 0.25) is 0 Å². The Hall–Kier alpha value is -3.05. The predicted octanol–water partition coefficient (Wildman–Crippen LogP) is -1.51. The molecule has 8 rings (SSSR count). The molecule has 25 heteroatoms. The SMILES string of the molecule is CO[C@H]1[C@H]2OP(=O)(O)OC[C@@]34C[C@@H]3[C@@H](n3cnc5c(N)ncnc53)[C@H](O)[C@@H]4OP(O)(=S)OC[C@H]1O[C@H]2n1nnc2c(=O)[nH]c(N)nc21. The van der Waals surface area contributed by atoms with Gasteiger partial charge in [0.05, 0.1) is 25.6 Å². The first-order valence-electron chi connectivity index (χ1n) is 14.0. The van der Waals surface area contributed by atoms with Crippen molar-refractivity contribution in [2.24, 2.45) is 11.3 Å². The van der Waals surface area contributed by atoms with Gasteiger partial charge >= 0.3 is 14.5 Å². The molecule has 252 valence electrons. The number of aromatic amines is 1. The summed E-state index contributed by atoms with van der Waals surface area (Å²) in [6.45, 7) is -5.05. The molecule has 1 spiro atoms. The number of phosphoric acid groups is 1. The number of nitrogens with two attached hydrogens (primary N) is 2. The zero-order chi connectivity index (χ0) is 33.0. The van der Waals surface area contributed by atoms with Crippen molar-refractivity contribution in [2.45, 2.75) is 49.2 Å². The number of aromatic nitrogens is 9. The van der Waals surface area contributed by atoms with E-state index in [4.69, 9.17) is 50.8 Å². The smallest absolute Gasteiger partial charge is 0.388 e. The number of aliphatic hydroxyl groups is 1. The molecule has 4 aromatic heterocycles. The molecule has 2 aliphatic heterocycles. The number of phosphoric ester groups is 1. The summed E-state index contributed by atoms with van der Waals surface area (Å²) in [5.74, 6) is -0.516. The molecule has 0 aromatic carbocycles. The lowest BCUT2D eigenvalue weighted by molar-refractivity contribution is -0.0669. The number of fused-ring (bicyclic) bond motifs is 4. The first kappa shape index (κ1) is 31.2. The molecule has 22 nitrogen and oxygen atoms in total. The fourth-order valence-corrected chi connectivity index (χ4v) is 9.43. The molecule has 8 N–H and O–H groups in total. The second kappa shape index (κ2) is 10.7. The number of ether oxygens (including phenoxy) is 2. The molecule has 11 atom stereocenters. The molecule has 4 fully saturated rings. The van der Waals surface area contributed by atoms with Crippen LogP contribution in [-0.2, 0) is 43.9 Å². The third-order valence-corrected chi connectivity index (χ3v) is 11.6. The molecule has 2 bridgehead atoms. The lowest BCUT2D eigenvalue weighted by atomic mass is 10.0. The molecule has 4 aliphatic rings. The molecule has 47 heavy (non-hydrogen) atoms. The number of aliphatic hydroxyl groups excluding tert-OH is 1. The normalized spacial score (nSPS) is 40.4. The molecular formula is C22H27N11O11P2S. The number of hydrogen-bond acceptors (Lipinski definition) is 18. The summed E-state index contributed by atoms with van der Waals surface area (Å²) in [6, 6.07) is -0.727. The maximum absolute atomic E-state index is 13.6. The zero-order valence-corrected chi connectivity index (χ0v) is 26.6. The summed E-state index contributed by atoms with van der Waals surface area (Å²) in [4.78, 5) is 53.5. The summed E-state index contributed by atoms with van der Waals surface area (Å²) in [7, 11) is -3.67. The van der Waals surface area contributed by atoms with Crippen molar-refractivity contribution < 1.29 is 47.0 Å². The monoisotopic (exact) mass is 715 g/mol. The van der Waals surface area contributed by atoms with E-state index in [0.717, 1.165) is 4.68 Å². The molecule has 2 saturated heterocycles. The van der Waals surface area contributed by atoms with Crippen LogP contribution in [0.4, 0.5) is 11.8 Å². The van der Waals surface area contributed by atoms with Crippen LogP contribution in [0.3, 0.4) is 0 Å². The number of nitrogen functional groups attached to an aromatic ring is 2. The Bertz CT molecular complexity index is 2060. The number of methoxy groups -OCH3 is 1. The van der Waals surface area contributed by atoms with Gasteiger partial charge in [-0.05, 0) is 24.1 Å². The largest absolute Gasteiger partial charge is 0.472 e. The average Bonchev–Trinajstić information content (AvgIpc) is 3.30. The lowest BCUT2D eigenvalue weighted by Crippen LogP contribution is -2.38. The van der Waals surface area contributed by atoms with Crippen LogP contribution in [0.1, 0.15) is 18.7 Å². The summed E-state index contributed by atoms with van der Waals surface area (Å²) < 4.78 is 50.8. The molecule has 0 amide bonds. The van der Waals surface area contributed by atoms with E-state index in [2.05, 4.69) is 35.2 Å². The van der Waals surface area contributed by atoms with Crippen LogP contribution in [-0.4, -0.2) is 110 Å². The molecule has 0 radical (unpaired) electrons. The van der Waals surface area contributed by atoms with Crippen LogP contribution in [0, 0.1) is 11.3 Å². The van der Waals surface area contributed by atoms with Crippen molar-refractivity contribution in [3.8, 4) is 0 Å². The number of nitrogens with zero attached hydrogens (tertiary/aromatic N) is 8. The number of anilines is 2. The highest BCUT2D eigenvalue weighted by Gasteiger charge is 2.74. The Morgan fingerprint density at radius 1 is 1.17 bits per heavy atom. The van der Waals surface area contributed by atoms with Gasteiger partial charge < -0.3 is 49.4 Å². The summed E-state index contributed by atoms with van der Waals surface area (Å²) >= 11 is 5.36. The highest BCUT2D eigenvalue weighted by atomic mass is 32.5. The first-order chi connectivity index (χ1) is 22.3. The number of hydrogen-bond donors (Lipinski definition) is 6. The van der Waals surface area contributed by atoms with Crippen molar-refractivity contribution in [2.75, 3.05) is 31.8 Å². The van der Waals surface area contributed by atoms with Gasteiger partial charge in [0.2, 0.25) is 5.95 Å². The summed E-state index contributed by atoms with van der Waals surface area (Å²) in [5.41, 5.74) is 10.3. The number of imidazole rings is 1. The van der Waals surface area contributed by atoms with E-state index in [-0.39, 0.29) is 22.9 Å². The molecule has 2 saturated carbocycles. The molecule has 2 unspecified atom stereocenters. The molecular weight excluding hydrogens is 688 g/mol. The van der Waals surface area contributed by atoms with Gasteiger partial charge in [0.1, 0.15) is 42.4 Å². The van der Waals surface area contributed by atoms with E-state index < -0.39 is 87.4 Å². The molecule has 6 heterocycles. The van der Waals surface area contributed by atoms with E-state index in [1.807, 2.05) is 0 Å². The van der Waals surface area contributed by atoms with Gasteiger partial charge in [0.25, 0.3) is 5.56 Å². The van der Waals surface area contributed by atoms with Crippen molar-refractivity contribution in [3.05, 3.63) is 23.0 Å². The average molecular weight is 716 g/mol.